The van der Waals surface area contributed by atoms with Crippen molar-refractivity contribution in [2.75, 3.05) is 5.73 Å². The van der Waals surface area contributed by atoms with Gasteiger partial charge in [0.2, 0.25) is 0 Å². The molecule has 0 aliphatic heterocycles. The molecule has 27 heavy (non-hydrogen) atoms. The molecule has 144 valence electrons. The summed E-state index contributed by atoms with van der Waals surface area (Å²) in [5, 5.41) is 2.99. The maximum Gasteiger partial charge on any atom is 0.408 e. The van der Waals surface area contributed by atoms with Gasteiger partial charge in [-0.25, -0.2) is 9.78 Å². The summed E-state index contributed by atoms with van der Waals surface area (Å²) in [5.41, 5.74) is 8.39. The molecule has 0 spiro atoms. The number of pyridine rings is 1. The lowest BCUT2D eigenvalue weighted by molar-refractivity contribution is 0.0216. The molecule has 1 aliphatic rings. The Morgan fingerprint density at radius 1 is 1.22 bits per heavy atom. The lowest BCUT2D eigenvalue weighted by Gasteiger charge is -2.32. The SMILES string of the molecule is CC(C)(C)OC(=O)NC1CC[C@H](OCc2ccnc(N)c2)c2ccccc21. The average molecular weight is 369 g/mol. The highest BCUT2D eigenvalue weighted by Crippen LogP contribution is 2.38. The van der Waals surface area contributed by atoms with Crippen LogP contribution in [0, 0.1) is 0 Å². The lowest BCUT2D eigenvalue weighted by Crippen LogP contribution is -2.36. The van der Waals surface area contributed by atoms with Crippen LogP contribution in [0.4, 0.5) is 10.6 Å². The third kappa shape index (κ3) is 5.20. The number of anilines is 1. The molecule has 2 aromatic rings. The maximum atomic E-state index is 12.2. The van der Waals surface area contributed by atoms with Crippen molar-refractivity contribution < 1.29 is 14.3 Å². The van der Waals surface area contributed by atoms with E-state index in [1.54, 1.807) is 6.20 Å². The van der Waals surface area contributed by atoms with Crippen LogP contribution in [-0.2, 0) is 16.1 Å². The van der Waals surface area contributed by atoms with Gasteiger partial charge in [0.25, 0.3) is 0 Å². The summed E-state index contributed by atoms with van der Waals surface area (Å²) in [6.07, 6.45) is 2.88. The molecule has 1 aliphatic carbocycles. The third-order valence-corrected chi connectivity index (χ3v) is 4.42. The molecule has 0 bridgehead atoms. The Kier molecular flexibility index (Phi) is 5.65. The number of amides is 1. The molecule has 0 saturated heterocycles. The number of nitrogens with zero attached hydrogens (tertiary/aromatic N) is 1. The predicted molar refractivity (Wildman–Crippen MR) is 104 cm³/mol. The first kappa shape index (κ1) is 19.2. The van der Waals surface area contributed by atoms with E-state index in [1.807, 2.05) is 51.1 Å². The number of ether oxygens (including phenoxy) is 2. The van der Waals surface area contributed by atoms with Crippen molar-refractivity contribution in [1.82, 2.24) is 10.3 Å². The van der Waals surface area contributed by atoms with Gasteiger partial charge in [0, 0.05) is 6.20 Å². The minimum atomic E-state index is -0.518. The van der Waals surface area contributed by atoms with Crippen molar-refractivity contribution in [2.45, 2.75) is 58.0 Å². The largest absolute Gasteiger partial charge is 0.444 e. The first-order valence-electron chi connectivity index (χ1n) is 9.22. The van der Waals surface area contributed by atoms with E-state index in [4.69, 9.17) is 15.2 Å². The highest BCUT2D eigenvalue weighted by Gasteiger charge is 2.29. The summed E-state index contributed by atoms with van der Waals surface area (Å²) in [7, 11) is 0. The number of nitrogens with one attached hydrogen (secondary N) is 1. The van der Waals surface area contributed by atoms with Crippen molar-refractivity contribution in [1.29, 1.82) is 0 Å². The quantitative estimate of drug-likeness (QED) is 0.840. The molecule has 3 N–H and O–H groups in total. The zero-order valence-corrected chi connectivity index (χ0v) is 16.1. The van der Waals surface area contributed by atoms with Crippen LogP contribution in [0.5, 0.6) is 0 Å². The molecule has 1 unspecified atom stereocenters. The average Bonchev–Trinajstić information content (AvgIpc) is 2.59. The fourth-order valence-corrected chi connectivity index (χ4v) is 3.30. The number of aromatic nitrogens is 1. The first-order valence-corrected chi connectivity index (χ1v) is 9.22. The summed E-state index contributed by atoms with van der Waals surface area (Å²) in [5.74, 6) is 0.488. The Labute approximate surface area is 160 Å². The molecule has 3 rings (SSSR count). The molecule has 1 heterocycles. The van der Waals surface area contributed by atoms with Crippen molar-refractivity contribution in [2.24, 2.45) is 0 Å². The zero-order valence-electron chi connectivity index (χ0n) is 16.1. The van der Waals surface area contributed by atoms with E-state index in [9.17, 15) is 4.79 Å². The number of nitrogen functional groups attached to an aromatic ring is 1. The van der Waals surface area contributed by atoms with Gasteiger partial charge in [-0.1, -0.05) is 24.3 Å². The number of alkyl carbamates (subject to hydrolysis) is 1. The second-order valence-electron chi connectivity index (χ2n) is 7.79. The fraction of sp³-hybridized carbons (Fsp3) is 0.429. The van der Waals surface area contributed by atoms with Crippen LogP contribution >= 0.6 is 0 Å². The van der Waals surface area contributed by atoms with E-state index in [1.165, 1.54) is 0 Å². The normalized spacial score (nSPS) is 19.2. The van der Waals surface area contributed by atoms with E-state index < -0.39 is 11.7 Å². The van der Waals surface area contributed by atoms with Crippen LogP contribution in [0.3, 0.4) is 0 Å². The molecule has 2 atom stereocenters. The van der Waals surface area contributed by atoms with Gasteiger partial charge in [-0.3, -0.25) is 0 Å². The minimum Gasteiger partial charge on any atom is -0.444 e. The van der Waals surface area contributed by atoms with Gasteiger partial charge in [0.1, 0.15) is 11.4 Å². The van der Waals surface area contributed by atoms with Crippen LogP contribution in [-0.4, -0.2) is 16.7 Å². The van der Waals surface area contributed by atoms with Crippen molar-refractivity contribution >= 4 is 11.9 Å². The summed E-state index contributed by atoms with van der Waals surface area (Å²) >= 11 is 0. The second kappa shape index (κ2) is 7.96. The fourth-order valence-electron chi connectivity index (χ4n) is 3.30. The third-order valence-electron chi connectivity index (χ3n) is 4.42. The Hall–Kier alpha value is -2.60. The van der Waals surface area contributed by atoms with Gasteiger partial charge >= 0.3 is 6.09 Å². The van der Waals surface area contributed by atoms with Crippen LogP contribution in [0.1, 0.15) is 62.4 Å². The first-order chi connectivity index (χ1) is 12.8. The van der Waals surface area contributed by atoms with E-state index >= 15 is 0 Å². The monoisotopic (exact) mass is 369 g/mol. The summed E-state index contributed by atoms with van der Waals surface area (Å²) in [4.78, 5) is 16.2. The number of benzene rings is 1. The molecule has 1 aromatic carbocycles. The number of rotatable bonds is 4. The smallest absolute Gasteiger partial charge is 0.408 e. The summed E-state index contributed by atoms with van der Waals surface area (Å²) < 4.78 is 11.6. The number of fused-ring (bicyclic) bond motifs is 1. The minimum absolute atomic E-state index is 0.0210. The standard InChI is InChI=1S/C21H27N3O3/c1-21(2,3)27-20(25)24-17-8-9-18(16-7-5-4-6-15(16)17)26-13-14-10-11-23-19(22)12-14/h4-7,10-12,17-18H,8-9,13H2,1-3H3,(H2,22,23)(H,24,25)/t17?,18-/m0/s1. The topological polar surface area (TPSA) is 86.5 Å². The molecule has 6 heteroatoms. The summed E-state index contributed by atoms with van der Waals surface area (Å²) in [6.45, 7) is 6.04. The number of nitrogens with two attached hydrogens (primary N) is 1. The van der Waals surface area contributed by atoms with Gasteiger partial charge in [-0.2, -0.15) is 0 Å². The molecule has 1 aromatic heterocycles. The maximum absolute atomic E-state index is 12.2. The molecular formula is C21H27N3O3. The number of hydrogen-bond acceptors (Lipinski definition) is 5. The van der Waals surface area contributed by atoms with E-state index in [2.05, 4.69) is 16.4 Å². The Morgan fingerprint density at radius 3 is 2.67 bits per heavy atom. The van der Waals surface area contributed by atoms with Gasteiger partial charge in [-0.05, 0) is 62.4 Å². The van der Waals surface area contributed by atoms with Gasteiger partial charge in [0.05, 0.1) is 18.8 Å². The van der Waals surface area contributed by atoms with E-state index in [-0.39, 0.29) is 12.1 Å². The number of carbonyl (C=O) groups is 1. The van der Waals surface area contributed by atoms with Crippen LogP contribution in [0.2, 0.25) is 0 Å². The summed E-state index contributed by atoms with van der Waals surface area (Å²) in [6, 6.07) is 11.7. The molecule has 0 fully saturated rings. The van der Waals surface area contributed by atoms with Gasteiger partial charge < -0.3 is 20.5 Å². The molecular weight excluding hydrogens is 342 g/mol. The van der Waals surface area contributed by atoms with Crippen molar-refractivity contribution in [3.05, 3.63) is 59.3 Å². The second-order valence-corrected chi connectivity index (χ2v) is 7.79. The molecule has 1 amide bonds. The number of carbonyl (C=O) groups excluding carboxylic acids is 1. The predicted octanol–water partition coefficient (Wildman–Crippen LogP) is 4.28. The van der Waals surface area contributed by atoms with Crippen molar-refractivity contribution in [3.63, 3.8) is 0 Å². The van der Waals surface area contributed by atoms with Crippen LogP contribution in [0.25, 0.3) is 0 Å². The molecule has 6 nitrogen and oxygen atoms in total. The lowest BCUT2D eigenvalue weighted by atomic mass is 9.85. The Morgan fingerprint density at radius 2 is 1.96 bits per heavy atom. The Balaban J connectivity index is 1.69. The van der Waals surface area contributed by atoms with Crippen molar-refractivity contribution in [3.8, 4) is 0 Å². The van der Waals surface area contributed by atoms with E-state index in [0.29, 0.717) is 12.4 Å². The highest BCUT2D eigenvalue weighted by atomic mass is 16.6. The van der Waals surface area contributed by atoms with E-state index in [0.717, 1.165) is 29.5 Å². The molecule has 0 radical (unpaired) electrons. The highest BCUT2D eigenvalue weighted by molar-refractivity contribution is 5.68. The van der Waals surface area contributed by atoms with Gasteiger partial charge in [-0.15, -0.1) is 0 Å². The molecule has 0 saturated carbocycles. The van der Waals surface area contributed by atoms with Gasteiger partial charge in [0.15, 0.2) is 0 Å². The number of hydrogen-bond donors (Lipinski definition) is 2. The Bertz CT molecular complexity index is 801. The zero-order chi connectivity index (χ0) is 19.4. The van der Waals surface area contributed by atoms with Crippen LogP contribution in [0.15, 0.2) is 42.6 Å². The van der Waals surface area contributed by atoms with Crippen LogP contribution < -0.4 is 11.1 Å².